The van der Waals surface area contributed by atoms with Crippen molar-refractivity contribution in [2.75, 3.05) is 5.43 Å². The lowest BCUT2D eigenvalue weighted by atomic mass is 10.2. The highest BCUT2D eigenvalue weighted by Gasteiger charge is 2.21. The van der Waals surface area contributed by atoms with Gasteiger partial charge in [-0.1, -0.05) is 18.2 Å². The van der Waals surface area contributed by atoms with Crippen molar-refractivity contribution in [1.29, 1.82) is 0 Å². The smallest absolute Gasteiger partial charge is 0.335 e. The molecule has 104 valence electrons. The molecule has 7 heteroatoms. The lowest BCUT2D eigenvalue weighted by molar-refractivity contribution is -0.384. The van der Waals surface area contributed by atoms with Crippen molar-refractivity contribution in [3.63, 3.8) is 0 Å². The van der Waals surface area contributed by atoms with Crippen molar-refractivity contribution in [1.82, 2.24) is 0 Å². The van der Waals surface area contributed by atoms with E-state index >= 15 is 0 Å². The summed E-state index contributed by atoms with van der Waals surface area (Å²) in [6.45, 7) is -0.135. The van der Waals surface area contributed by atoms with Crippen molar-refractivity contribution in [2.24, 2.45) is 5.84 Å². The number of benzene rings is 2. The Labute approximate surface area is 114 Å². The van der Waals surface area contributed by atoms with Gasteiger partial charge in [0, 0.05) is 0 Å². The van der Waals surface area contributed by atoms with Gasteiger partial charge < -0.3 is 15.3 Å². The Kier molecular flexibility index (Phi) is 4.14. The third kappa shape index (κ3) is 2.85. The highest BCUT2D eigenvalue weighted by Crippen LogP contribution is 2.37. The number of hydrogen-bond donors (Lipinski definition) is 3. The van der Waals surface area contributed by atoms with Crippen LogP contribution in [-0.4, -0.2) is 10.0 Å². The molecule has 0 amide bonds. The van der Waals surface area contributed by atoms with Gasteiger partial charge in [0.05, 0.1) is 11.5 Å². The van der Waals surface area contributed by atoms with E-state index in [9.17, 15) is 10.1 Å². The van der Waals surface area contributed by atoms with Crippen LogP contribution in [0.3, 0.4) is 0 Å². The predicted octanol–water partition coefficient (Wildman–Crippen LogP) is 2.17. The minimum Gasteiger partial charge on any atom is -0.450 e. The number of anilines is 1. The molecule has 0 bridgehead atoms. The molecule has 0 atom stereocenters. The van der Waals surface area contributed by atoms with Crippen LogP contribution in [0.4, 0.5) is 11.4 Å². The van der Waals surface area contributed by atoms with Crippen LogP contribution in [0, 0.1) is 10.1 Å². The first-order valence-corrected chi connectivity index (χ1v) is 5.77. The molecule has 2 rings (SSSR count). The van der Waals surface area contributed by atoms with Crippen molar-refractivity contribution in [3.05, 3.63) is 58.1 Å². The molecule has 0 saturated heterocycles. The summed E-state index contributed by atoms with van der Waals surface area (Å²) in [4.78, 5) is 10.5. The molecule has 0 aliphatic rings. The van der Waals surface area contributed by atoms with Crippen LogP contribution >= 0.6 is 0 Å². The van der Waals surface area contributed by atoms with E-state index in [2.05, 4.69) is 5.43 Å². The maximum Gasteiger partial charge on any atom is 0.335 e. The normalized spacial score (nSPS) is 10.1. The number of nitrogens with zero attached hydrogens (tertiary/aromatic N) is 1. The van der Waals surface area contributed by atoms with E-state index in [0.717, 1.165) is 0 Å². The second-order valence-corrected chi connectivity index (χ2v) is 3.96. The third-order valence-electron chi connectivity index (χ3n) is 2.65. The van der Waals surface area contributed by atoms with Crippen molar-refractivity contribution < 1.29 is 14.8 Å². The Balaban J connectivity index is 2.40. The molecule has 0 aliphatic heterocycles. The van der Waals surface area contributed by atoms with Gasteiger partial charge in [0.1, 0.15) is 11.4 Å². The van der Waals surface area contributed by atoms with Gasteiger partial charge in [-0.2, -0.15) is 0 Å². The molecule has 0 aliphatic carbocycles. The molecule has 0 heterocycles. The van der Waals surface area contributed by atoms with E-state index in [1.807, 2.05) is 0 Å². The third-order valence-corrected chi connectivity index (χ3v) is 2.65. The SMILES string of the molecule is NNc1cccc(Oc2cccc(CO)c2)c1[N+](=O)[O-]. The summed E-state index contributed by atoms with van der Waals surface area (Å²) in [6.07, 6.45) is 0. The Morgan fingerprint density at radius 3 is 2.70 bits per heavy atom. The number of aliphatic hydroxyl groups excluding tert-OH is 1. The first-order chi connectivity index (χ1) is 9.65. The number of nitro benzene ring substituents is 1. The van der Waals surface area contributed by atoms with Crippen LogP contribution in [0.25, 0.3) is 0 Å². The summed E-state index contributed by atoms with van der Waals surface area (Å²) >= 11 is 0. The second-order valence-electron chi connectivity index (χ2n) is 3.96. The zero-order chi connectivity index (χ0) is 14.5. The number of nitrogens with two attached hydrogens (primary N) is 1. The highest BCUT2D eigenvalue weighted by atomic mass is 16.6. The van der Waals surface area contributed by atoms with Crippen molar-refractivity contribution in [3.8, 4) is 11.5 Å². The summed E-state index contributed by atoms with van der Waals surface area (Å²) in [7, 11) is 0. The average Bonchev–Trinajstić information content (AvgIpc) is 2.46. The lowest BCUT2D eigenvalue weighted by Crippen LogP contribution is -2.09. The van der Waals surface area contributed by atoms with Gasteiger partial charge >= 0.3 is 5.69 Å². The molecule has 0 spiro atoms. The number of hydrogen-bond acceptors (Lipinski definition) is 6. The molecule has 0 aromatic heterocycles. The number of para-hydroxylation sites is 1. The van der Waals surface area contributed by atoms with E-state index in [0.29, 0.717) is 11.3 Å². The molecule has 2 aromatic carbocycles. The maximum absolute atomic E-state index is 11.1. The Morgan fingerprint density at radius 2 is 2.05 bits per heavy atom. The van der Waals surface area contributed by atoms with E-state index in [1.165, 1.54) is 12.1 Å². The number of nitro groups is 1. The number of ether oxygens (including phenoxy) is 1. The molecule has 7 nitrogen and oxygen atoms in total. The van der Waals surface area contributed by atoms with E-state index in [4.69, 9.17) is 15.7 Å². The van der Waals surface area contributed by atoms with Gasteiger partial charge in [0.2, 0.25) is 5.75 Å². The monoisotopic (exact) mass is 275 g/mol. The largest absolute Gasteiger partial charge is 0.450 e. The molecular weight excluding hydrogens is 262 g/mol. The van der Waals surface area contributed by atoms with Gasteiger partial charge in [-0.3, -0.25) is 16.0 Å². The number of aliphatic hydroxyl groups is 1. The van der Waals surface area contributed by atoms with Gasteiger partial charge in [0.15, 0.2) is 0 Å². The Hall–Kier alpha value is -2.64. The zero-order valence-corrected chi connectivity index (χ0v) is 10.4. The lowest BCUT2D eigenvalue weighted by Gasteiger charge is -2.09. The average molecular weight is 275 g/mol. The number of rotatable bonds is 5. The topological polar surface area (TPSA) is 111 Å². The first-order valence-electron chi connectivity index (χ1n) is 5.77. The molecule has 4 N–H and O–H groups in total. The van der Waals surface area contributed by atoms with Crippen LogP contribution in [0.15, 0.2) is 42.5 Å². The van der Waals surface area contributed by atoms with Gasteiger partial charge in [0.25, 0.3) is 0 Å². The fourth-order valence-electron chi connectivity index (χ4n) is 1.74. The minimum atomic E-state index is -0.569. The molecule has 0 unspecified atom stereocenters. The van der Waals surface area contributed by atoms with Gasteiger partial charge in [-0.25, -0.2) is 0 Å². The number of nitrogens with one attached hydrogen (secondary N) is 1. The number of nitrogen functional groups attached to an aromatic ring is 1. The van der Waals surface area contributed by atoms with Crippen LogP contribution in [0.2, 0.25) is 0 Å². The molecule has 20 heavy (non-hydrogen) atoms. The Bertz CT molecular complexity index is 631. The molecule has 2 aromatic rings. The van der Waals surface area contributed by atoms with Crippen LogP contribution in [0.5, 0.6) is 11.5 Å². The van der Waals surface area contributed by atoms with E-state index in [1.54, 1.807) is 30.3 Å². The summed E-state index contributed by atoms with van der Waals surface area (Å²) in [6, 6.07) is 11.2. The second kappa shape index (κ2) is 6.00. The zero-order valence-electron chi connectivity index (χ0n) is 10.4. The predicted molar refractivity (Wildman–Crippen MR) is 73.3 cm³/mol. The number of hydrazine groups is 1. The fourth-order valence-corrected chi connectivity index (χ4v) is 1.74. The summed E-state index contributed by atoms with van der Waals surface area (Å²) in [5, 5.41) is 20.2. The highest BCUT2D eigenvalue weighted by molar-refractivity contribution is 5.68. The fraction of sp³-hybridized carbons (Fsp3) is 0.0769. The van der Waals surface area contributed by atoms with Crippen LogP contribution in [0.1, 0.15) is 5.56 Å². The molecule has 0 radical (unpaired) electrons. The Morgan fingerprint density at radius 1 is 1.30 bits per heavy atom. The summed E-state index contributed by atoms with van der Waals surface area (Å²) in [5.41, 5.74) is 2.83. The summed E-state index contributed by atoms with van der Waals surface area (Å²) < 4.78 is 5.51. The maximum atomic E-state index is 11.1. The quantitative estimate of drug-likeness (QED) is 0.438. The summed E-state index contributed by atoms with van der Waals surface area (Å²) in [5.74, 6) is 5.72. The van der Waals surface area contributed by atoms with Crippen molar-refractivity contribution in [2.45, 2.75) is 6.61 Å². The van der Waals surface area contributed by atoms with Gasteiger partial charge in [-0.15, -0.1) is 0 Å². The minimum absolute atomic E-state index is 0.0699. The molecular formula is C13H13N3O4. The molecule has 0 saturated carbocycles. The molecule has 0 fully saturated rings. The van der Waals surface area contributed by atoms with E-state index < -0.39 is 4.92 Å². The van der Waals surface area contributed by atoms with Crippen LogP contribution < -0.4 is 16.0 Å². The van der Waals surface area contributed by atoms with E-state index in [-0.39, 0.29) is 23.7 Å². The first kappa shape index (κ1) is 13.8. The van der Waals surface area contributed by atoms with Crippen molar-refractivity contribution >= 4 is 11.4 Å². The van der Waals surface area contributed by atoms with Crippen LogP contribution in [-0.2, 0) is 6.61 Å². The standard InChI is InChI=1S/C13H13N3O4/c14-15-11-5-2-6-12(13(11)16(18)19)20-10-4-1-3-9(7-10)8-17/h1-7,15,17H,8,14H2. The van der Waals surface area contributed by atoms with Gasteiger partial charge in [-0.05, 0) is 29.8 Å².